The molecule has 126 valence electrons. The number of hydrogen-bond donors (Lipinski definition) is 2. The summed E-state index contributed by atoms with van der Waals surface area (Å²) in [7, 11) is 0. The zero-order chi connectivity index (χ0) is 16.2. The quantitative estimate of drug-likeness (QED) is 0.853. The van der Waals surface area contributed by atoms with Crippen molar-refractivity contribution in [1.29, 1.82) is 0 Å². The number of anilines is 1. The lowest BCUT2D eigenvalue weighted by atomic mass is 9.99. The van der Waals surface area contributed by atoms with Gasteiger partial charge in [0.1, 0.15) is 0 Å². The molecule has 2 aliphatic rings. The van der Waals surface area contributed by atoms with Gasteiger partial charge in [-0.05, 0) is 32.6 Å². The van der Waals surface area contributed by atoms with Crippen LogP contribution in [0.5, 0.6) is 0 Å². The summed E-state index contributed by atoms with van der Waals surface area (Å²) < 4.78 is 5.43. The van der Waals surface area contributed by atoms with Gasteiger partial charge in [0.15, 0.2) is 0 Å². The molecule has 2 saturated heterocycles. The summed E-state index contributed by atoms with van der Waals surface area (Å²) in [5, 5.41) is 3.11. The Morgan fingerprint density at radius 3 is 2.65 bits per heavy atom. The van der Waals surface area contributed by atoms with Crippen LogP contribution < -0.4 is 11.1 Å². The van der Waals surface area contributed by atoms with E-state index in [2.05, 4.69) is 20.2 Å². The molecule has 1 amide bonds. The molecular weight excluding hydrogens is 294 g/mol. The van der Waals surface area contributed by atoms with Crippen LogP contribution in [0.15, 0.2) is 6.20 Å². The van der Waals surface area contributed by atoms with Crippen molar-refractivity contribution in [1.82, 2.24) is 20.2 Å². The Balaban J connectivity index is 1.51. The van der Waals surface area contributed by atoms with Crippen LogP contribution in [0.4, 0.5) is 5.95 Å². The number of nitrogen functional groups attached to an aromatic ring is 1. The second kappa shape index (κ2) is 7.23. The van der Waals surface area contributed by atoms with Crippen molar-refractivity contribution in [3.8, 4) is 0 Å². The predicted octanol–water partition coefficient (Wildman–Crippen LogP) is 0.740. The number of likely N-dealkylation sites (tertiary alicyclic amines) is 1. The standard InChI is InChI=1S/C16H25N5O2/c1-11-14(10-18-16(17)19-11)15(22)20-12-2-6-21(7-3-12)13-4-8-23-9-5-13/h10,12-13H,2-9H2,1H3,(H,20,22)(H2,17,18,19). The van der Waals surface area contributed by atoms with Gasteiger partial charge < -0.3 is 20.7 Å². The highest BCUT2D eigenvalue weighted by molar-refractivity contribution is 5.95. The first-order valence-electron chi connectivity index (χ1n) is 8.35. The van der Waals surface area contributed by atoms with Crippen molar-refractivity contribution < 1.29 is 9.53 Å². The van der Waals surface area contributed by atoms with Crippen LogP contribution in [0.2, 0.25) is 0 Å². The summed E-state index contributed by atoms with van der Waals surface area (Å²) >= 11 is 0. The Labute approximate surface area is 136 Å². The summed E-state index contributed by atoms with van der Waals surface area (Å²) in [4.78, 5) is 22.9. The fourth-order valence-electron chi connectivity index (χ4n) is 3.43. The number of aryl methyl sites for hydroxylation is 1. The van der Waals surface area contributed by atoms with Gasteiger partial charge in [0.25, 0.3) is 5.91 Å². The maximum Gasteiger partial charge on any atom is 0.254 e. The molecule has 0 aliphatic carbocycles. The highest BCUT2D eigenvalue weighted by Gasteiger charge is 2.27. The van der Waals surface area contributed by atoms with Crippen LogP contribution in [-0.2, 0) is 4.74 Å². The van der Waals surface area contributed by atoms with Gasteiger partial charge in [0, 0.05) is 44.6 Å². The van der Waals surface area contributed by atoms with Gasteiger partial charge in [-0.25, -0.2) is 9.97 Å². The van der Waals surface area contributed by atoms with Crippen LogP contribution in [-0.4, -0.2) is 59.2 Å². The molecule has 1 aromatic heterocycles. The van der Waals surface area contributed by atoms with Gasteiger partial charge in [-0.15, -0.1) is 0 Å². The number of carbonyl (C=O) groups is 1. The summed E-state index contributed by atoms with van der Waals surface area (Å²) in [5.74, 6) is 0.0934. The van der Waals surface area contributed by atoms with Gasteiger partial charge in [0.05, 0.1) is 11.3 Å². The SMILES string of the molecule is Cc1nc(N)ncc1C(=O)NC1CCN(C2CCOCC2)CC1. The number of ether oxygens (including phenoxy) is 1. The van der Waals surface area contributed by atoms with E-state index in [-0.39, 0.29) is 17.9 Å². The third kappa shape index (κ3) is 3.97. The van der Waals surface area contributed by atoms with Crippen molar-refractivity contribution in [2.75, 3.05) is 32.0 Å². The molecule has 0 saturated carbocycles. The zero-order valence-corrected chi connectivity index (χ0v) is 13.6. The van der Waals surface area contributed by atoms with Crippen LogP contribution in [0, 0.1) is 6.92 Å². The maximum absolute atomic E-state index is 12.4. The minimum absolute atomic E-state index is 0.105. The zero-order valence-electron chi connectivity index (χ0n) is 13.6. The highest BCUT2D eigenvalue weighted by Crippen LogP contribution is 2.20. The number of rotatable bonds is 3. The summed E-state index contributed by atoms with van der Waals surface area (Å²) in [6.07, 6.45) is 5.72. The Kier molecular flexibility index (Phi) is 5.07. The first-order chi connectivity index (χ1) is 11.1. The Hall–Kier alpha value is -1.73. The number of nitrogens with zero attached hydrogens (tertiary/aromatic N) is 3. The van der Waals surface area contributed by atoms with Crippen LogP contribution in [0.3, 0.4) is 0 Å². The van der Waals surface area contributed by atoms with E-state index in [1.54, 1.807) is 6.92 Å². The van der Waals surface area contributed by atoms with Gasteiger partial charge in [-0.2, -0.15) is 0 Å². The molecule has 3 rings (SSSR count). The van der Waals surface area contributed by atoms with Gasteiger partial charge in [-0.1, -0.05) is 0 Å². The number of amides is 1. The van der Waals surface area contributed by atoms with Crippen molar-refractivity contribution in [3.63, 3.8) is 0 Å². The van der Waals surface area contributed by atoms with E-state index in [0.717, 1.165) is 52.0 Å². The molecular formula is C16H25N5O2. The minimum atomic E-state index is -0.105. The van der Waals surface area contributed by atoms with Gasteiger partial charge in [-0.3, -0.25) is 4.79 Å². The molecule has 2 fully saturated rings. The van der Waals surface area contributed by atoms with E-state index in [9.17, 15) is 4.79 Å². The molecule has 0 radical (unpaired) electrons. The van der Waals surface area contributed by atoms with Crippen molar-refractivity contribution in [3.05, 3.63) is 17.5 Å². The average Bonchev–Trinajstić information content (AvgIpc) is 2.56. The number of carbonyl (C=O) groups excluding carboxylic acids is 1. The molecule has 0 spiro atoms. The topological polar surface area (TPSA) is 93.4 Å². The Morgan fingerprint density at radius 1 is 1.30 bits per heavy atom. The summed E-state index contributed by atoms with van der Waals surface area (Å²) in [6.45, 7) is 5.59. The van der Waals surface area contributed by atoms with E-state index >= 15 is 0 Å². The normalized spacial score (nSPS) is 21.3. The second-order valence-electron chi connectivity index (χ2n) is 6.35. The van der Waals surface area contributed by atoms with E-state index < -0.39 is 0 Å². The monoisotopic (exact) mass is 319 g/mol. The molecule has 7 nitrogen and oxygen atoms in total. The Morgan fingerprint density at radius 2 is 2.00 bits per heavy atom. The number of nitrogens with two attached hydrogens (primary N) is 1. The van der Waals surface area contributed by atoms with E-state index in [1.807, 2.05) is 0 Å². The van der Waals surface area contributed by atoms with Crippen LogP contribution >= 0.6 is 0 Å². The molecule has 23 heavy (non-hydrogen) atoms. The lowest BCUT2D eigenvalue weighted by Gasteiger charge is -2.39. The number of aromatic nitrogens is 2. The molecule has 0 unspecified atom stereocenters. The fraction of sp³-hybridized carbons (Fsp3) is 0.688. The molecule has 0 aromatic carbocycles. The fourth-order valence-corrected chi connectivity index (χ4v) is 3.43. The first kappa shape index (κ1) is 16.1. The van der Waals surface area contributed by atoms with Gasteiger partial charge in [0.2, 0.25) is 5.95 Å². The lowest BCUT2D eigenvalue weighted by molar-refractivity contribution is 0.0238. The third-order valence-electron chi connectivity index (χ3n) is 4.81. The lowest BCUT2D eigenvalue weighted by Crippen LogP contribution is -2.49. The highest BCUT2D eigenvalue weighted by atomic mass is 16.5. The van der Waals surface area contributed by atoms with Crippen LogP contribution in [0.25, 0.3) is 0 Å². The maximum atomic E-state index is 12.4. The molecule has 0 bridgehead atoms. The molecule has 0 atom stereocenters. The minimum Gasteiger partial charge on any atom is -0.381 e. The predicted molar refractivity (Wildman–Crippen MR) is 87.1 cm³/mol. The number of nitrogens with one attached hydrogen (secondary N) is 1. The van der Waals surface area contributed by atoms with Gasteiger partial charge >= 0.3 is 0 Å². The van der Waals surface area contributed by atoms with Crippen molar-refractivity contribution in [2.45, 2.75) is 44.7 Å². The molecule has 3 heterocycles. The second-order valence-corrected chi connectivity index (χ2v) is 6.35. The van der Waals surface area contributed by atoms with Crippen LogP contribution in [0.1, 0.15) is 41.7 Å². The van der Waals surface area contributed by atoms with Crippen molar-refractivity contribution >= 4 is 11.9 Å². The largest absolute Gasteiger partial charge is 0.381 e. The molecule has 7 heteroatoms. The van der Waals surface area contributed by atoms with E-state index in [4.69, 9.17) is 10.5 Å². The molecule has 3 N–H and O–H groups in total. The number of piperidine rings is 1. The van der Waals surface area contributed by atoms with E-state index in [0.29, 0.717) is 17.3 Å². The van der Waals surface area contributed by atoms with Crippen molar-refractivity contribution in [2.24, 2.45) is 0 Å². The smallest absolute Gasteiger partial charge is 0.254 e. The molecule has 2 aliphatic heterocycles. The third-order valence-corrected chi connectivity index (χ3v) is 4.81. The number of hydrogen-bond acceptors (Lipinski definition) is 6. The van der Waals surface area contributed by atoms with E-state index in [1.165, 1.54) is 6.20 Å². The summed E-state index contributed by atoms with van der Waals surface area (Å²) in [5.41, 5.74) is 6.66. The summed E-state index contributed by atoms with van der Waals surface area (Å²) in [6, 6.07) is 0.865. The molecule has 1 aromatic rings. The average molecular weight is 319 g/mol. The Bertz CT molecular complexity index is 551. The first-order valence-corrected chi connectivity index (χ1v) is 8.35.